The fourth-order valence-electron chi connectivity index (χ4n) is 4.94. The molecule has 0 unspecified atom stereocenters. The lowest BCUT2D eigenvalue weighted by atomic mass is 9.79. The minimum Gasteiger partial charge on any atom is -0.418 e. The van der Waals surface area contributed by atoms with E-state index in [1.54, 1.807) is 0 Å². The van der Waals surface area contributed by atoms with Gasteiger partial charge in [-0.15, -0.1) is 0 Å². The Morgan fingerprint density at radius 3 is 1.45 bits per heavy atom. The molecule has 0 aliphatic heterocycles. The van der Waals surface area contributed by atoms with Crippen LogP contribution in [0.1, 0.15) is 22.3 Å². The standard InChI is InChI=1S/C27H21O.BF4/c1-2-10-20(11-3-1)25-23-16-14-18-8-4-6-12-21(18)26(23)28-27-22-13-7-5-9-19(22)15-17-24(25)27;2-1(3,4)5/h1-13H,14-17H2;/q+1;-1. The number of hydrogen-bond donors (Lipinski definition) is 0. The molecule has 0 spiro atoms. The Kier molecular flexibility index (Phi) is 5.53. The lowest BCUT2D eigenvalue weighted by molar-refractivity contribution is 0.368. The van der Waals surface area contributed by atoms with E-state index in [2.05, 4.69) is 78.9 Å². The molecule has 2 aliphatic carbocycles. The summed E-state index contributed by atoms with van der Waals surface area (Å²) in [7, 11) is -6.00. The van der Waals surface area contributed by atoms with Gasteiger partial charge in [0.15, 0.2) is 0 Å². The van der Waals surface area contributed by atoms with Crippen LogP contribution in [0.3, 0.4) is 0 Å². The van der Waals surface area contributed by atoms with Crippen molar-refractivity contribution in [2.75, 3.05) is 0 Å². The quantitative estimate of drug-likeness (QED) is 0.163. The average molecular weight is 448 g/mol. The molecule has 0 saturated carbocycles. The summed E-state index contributed by atoms with van der Waals surface area (Å²) in [6.45, 7) is 0. The third kappa shape index (κ3) is 4.30. The molecule has 33 heavy (non-hydrogen) atoms. The molecule has 6 heteroatoms. The first-order valence-electron chi connectivity index (χ1n) is 11.0. The maximum Gasteiger partial charge on any atom is 0.673 e. The van der Waals surface area contributed by atoms with Gasteiger partial charge < -0.3 is 17.3 Å². The molecular formula is C27H21BF4O. The van der Waals surface area contributed by atoms with Crippen LogP contribution in [-0.2, 0) is 25.7 Å². The minimum absolute atomic E-state index is 1.04. The van der Waals surface area contributed by atoms with Gasteiger partial charge in [-0.05, 0) is 54.5 Å². The molecule has 0 radical (unpaired) electrons. The average Bonchev–Trinajstić information content (AvgIpc) is 2.82. The van der Waals surface area contributed by atoms with Crippen molar-refractivity contribution in [2.45, 2.75) is 25.7 Å². The summed E-state index contributed by atoms with van der Waals surface area (Å²) < 4.78 is 45.7. The molecule has 2 aliphatic rings. The summed E-state index contributed by atoms with van der Waals surface area (Å²) in [6.07, 6.45) is 4.23. The molecule has 0 fully saturated rings. The third-order valence-electron chi connectivity index (χ3n) is 6.23. The Hall–Kier alpha value is -3.41. The second kappa shape index (κ2) is 8.51. The molecule has 166 valence electrons. The van der Waals surface area contributed by atoms with Gasteiger partial charge in [0, 0.05) is 5.56 Å². The van der Waals surface area contributed by atoms with Gasteiger partial charge in [-0.25, -0.2) is 4.42 Å². The second-order valence-corrected chi connectivity index (χ2v) is 8.27. The van der Waals surface area contributed by atoms with Crippen molar-refractivity contribution in [2.24, 2.45) is 0 Å². The van der Waals surface area contributed by atoms with Gasteiger partial charge in [0.1, 0.15) is 0 Å². The summed E-state index contributed by atoms with van der Waals surface area (Å²) >= 11 is 0. The molecule has 6 rings (SSSR count). The third-order valence-corrected chi connectivity index (χ3v) is 6.23. The van der Waals surface area contributed by atoms with Crippen molar-refractivity contribution in [3.63, 3.8) is 0 Å². The van der Waals surface area contributed by atoms with E-state index in [9.17, 15) is 17.3 Å². The van der Waals surface area contributed by atoms with Crippen molar-refractivity contribution in [3.05, 3.63) is 101 Å². The highest BCUT2D eigenvalue weighted by Gasteiger charge is 2.37. The van der Waals surface area contributed by atoms with Gasteiger partial charge >= 0.3 is 18.8 Å². The highest BCUT2D eigenvalue weighted by molar-refractivity contribution is 6.50. The largest absolute Gasteiger partial charge is 0.673 e. The molecule has 3 aromatic carbocycles. The van der Waals surface area contributed by atoms with Gasteiger partial charge in [0.25, 0.3) is 0 Å². The predicted octanol–water partition coefficient (Wildman–Crippen LogP) is 8.06. The van der Waals surface area contributed by atoms with Crippen LogP contribution in [0.5, 0.6) is 0 Å². The van der Waals surface area contributed by atoms with E-state index in [-0.39, 0.29) is 0 Å². The van der Waals surface area contributed by atoms with Crippen LogP contribution in [0.2, 0.25) is 0 Å². The number of fused-ring (bicyclic) bond motifs is 6. The topological polar surface area (TPSA) is 11.3 Å². The highest BCUT2D eigenvalue weighted by Crippen LogP contribution is 2.47. The van der Waals surface area contributed by atoms with E-state index < -0.39 is 7.25 Å². The summed E-state index contributed by atoms with van der Waals surface area (Å²) in [5.41, 5.74) is 10.8. The van der Waals surface area contributed by atoms with Crippen LogP contribution in [-0.4, -0.2) is 7.25 Å². The molecule has 1 nitrogen and oxygen atoms in total. The van der Waals surface area contributed by atoms with Crippen LogP contribution in [0.4, 0.5) is 17.3 Å². The zero-order chi connectivity index (χ0) is 23.0. The zero-order valence-corrected chi connectivity index (χ0v) is 17.8. The molecule has 0 atom stereocenters. The lowest BCUT2D eigenvalue weighted by Gasteiger charge is -2.22. The lowest BCUT2D eigenvalue weighted by Crippen LogP contribution is -2.12. The number of benzene rings is 3. The van der Waals surface area contributed by atoms with Crippen LogP contribution in [0, 0.1) is 0 Å². The second-order valence-electron chi connectivity index (χ2n) is 8.27. The van der Waals surface area contributed by atoms with Gasteiger partial charge in [0.05, 0.1) is 22.3 Å². The Balaban J connectivity index is 0.000000416. The van der Waals surface area contributed by atoms with E-state index in [4.69, 9.17) is 4.42 Å². The van der Waals surface area contributed by atoms with Crippen LogP contribution >= 0.6 is 0 Å². The van der Waals surface area contributed by atoms with E-state index >= 15 is 0 Å². The van der Waals surface area contributed by atoms with Crippen molar-refractivity contribution < 1.29 is 21.7 Å². The number of rotatable bonds is 1. The van der Waals surface area contributed by atoms with Crippen molar-refractivity contribution >= 4 is 7.25 Å². The van der Waals surface area contributed by atoms with Gasteiger partial charge in [-0.3, -0.25) is 0 Å². The number of aryl methyl sites for hydroxylation is 2. The maximum absolute atomic E-state index is 9.75. The van der Waals surface area contributed by atoms with Crippen LogP contribution in [0.25, 0.3) is 33.8 Å². The molecule has 0 N–H and O–H groups in total. The Morgan fingerprint density at radius 1 is 0.545 bits per heavy atom. The van der Waals surface area contributed by atoms with Crippen molar-refractivity contribution in [1.82, 2.24) is 0 Å². The summed E-state index contributed by atoms with van der Waals surface area (Å²) in [5, 5.41) is 0. The van der Waals surface area contributed by atoms with E-state index in [0.717, 1.165) is 37.2 Å². The van der Waals surface area contributed by atoms with Crippen molar-refractivity contribution in [1.29, 1.82) is 0 Å². The molecule has 0 amide bonds. The SMILES string of the molecule is F[B-](F)(F)F.c1ccc(-c2c3c([o+]c4c2CCc2ccccc2-4)-c2ccccc2CC3)cc1. The fourth-order valence-corrected chi connectivity index (χ4v) is 4.94. The highest BCUT2D eigenvalue weighted by atomic mass is 19.5. The van der Waals surface area contributed by atoms with Gasteiger partial charge in [-0.2, -0.15) is 0 Å². The molecule has 0 bridgehead atoms. The van der Waals surface area contributed by atoms with Crippen LogP contribution in [0.15, 0.2) is 83.3 Å². The van der Waals surface area contributed by atoms with E-state index in [0.29, 0.717) is 0 Å². The molecule has 0 saturated heterocycles. The molecule has 1 aromatic heterocycles. The predicted molar refractivity (Wildman–Crippen MR) is 124 cm³/mol. The fraction of sp³-hybridized carbons (Fsp3) is 0.148. The Labute approximate surface area is 189 Å². The summed E-state index contributed by atoms with van der Waals surface area (Å²) in [5.74, 6) is 2.13. The first kappa shape index (κ1) is 21.4. The number of hydrogen-bond acceptors (Lipinski definition) is 0. The van der Waals surface area contributed by atoms with Gasteiger partial charge in [-0.1, -0.05) is 66.7 Å². The first-order chi connectivity index (χ1) is 15.9. The smallest absolute Gasteiger partial charge is 0.418 e. The van der Waals surface area contributed by atoms with Gasteiger partial charge in [0.2, 0.25) is 0 Å². The maximum atomic E-state index is 9.75. The Morgan fingerprint density at radius 2 is 0.970 bits per heavy atom. The summed E-state index contributed by atoms with van der Waals surface area (Å²) in [4.78, 5) is 0. The zero-order valence-electron chi connectivity index (χ0n) is 17.8. The Bertz CT molecular complexity index is 1240. The molecule has 1 heterocycles. The van der Waals surface area contributed by atoms with Crippen LogP contribution < -0.4 is 0 Å². The monoisotopic (exact) mass is 448 g/mol. The molecule has 4 aromatic rings. The minimum atomic E-state index is -6.00. The number of halogens is 4. The van der Waals surface area contributed by atoms with E-state index in [1.165, 1.54) is 44.5 Å². The van der Waals surface area contributed by atoms with Crippen molar-refractivity contribution in [3.8, 4) is 33.8 Å². The van der Waals surface area contributed by atoms with E-state index in [1.807, 2.05) is 0 Å². The first-order valence-corrected chi connectivity index (χ1v) is 11.0. The normalized spacial score (nSPS) is 13.6. The molecular weight excluding hydrogens is 427 g/mol. The summed E-state index contributed by atoms with van der Waals surface area (Å²) in [6, 6.07) is 28.3.